The van der Waals surface area contributed by atoms with Crippen molar-refractivity contribution in [3.05, 3.63) is 33.9 Å². The van der Waals surface area contributed by atoms with E-state index in [1.807, 2.05) is 0 Å². The van der Waals surface area contributed by atoms with Crippen LogP contribution in [-0.2, 0) is 9.47 Å². The number of ether oxygens (including phenoxy) is 2. The van der Waals surface area contributed by atoms with Crippen LogP contribution < -0.4 is 5.32 Å². The molecule has 1 N–H and O–H groups in total. The van der Waals surface area contributed by atoms with E-state index in [0.29, 0.717) is 37.6 Å². The van der Waals surface area contributed by atoms with Crippen LogP contribution >= 0.6 is 0 Å². The van der Waals surface area contributed by atoms with Crippen molar-refractivity contribution < 1.29 is 19.2 Å². The highest BCUT2D eigenvalue weighted by Gasteiger charge is 2.15. The molecule has 21 heavy (non-hydrogen) atoms. The Morgan fingerprint density at radius 3 is 2.71 bits per heavy atom. The quantitative estimate of drug-likeness (QED) is 0.308. The molecule has 1 aromatic rings. The first-order valence-corrected chi connectivity index (χ1v) is 6.66. The SMILES string of the molecule is COCCOCCCNc1ccc(C(C)=O)cc1[N+](=O)[O-]. The molecular formula is C14H20N2O5. The Hall–Kier alpha value is -1.99. The Balaban J connectivity index is 2.51. The normalized spacial score (nSPS) is 10.4. The van der Waals surface area contributed by atoms with E-state index >= 15 is 0 Å². The summed E-state index contributed by atoms with van der Waals surface area (Å²) in [6.07, 6.45) is 0.718. The number of rotatable bonds is 10. The Labute approximate surface area is 123 Å². The lowest BCUT2D eigenvalue weighted by Crippen LogP contribution is -2.09. The van der Waals surface area contributed by atoms with Gasteiger partial charge < -0.3 is 14.8 Å². The highest BCUT2D eigenvalue weighted by Crippen LogP contribution is 2.25. The van der Waals surface area contributed by atoms with Gasteiger partial charge in [0.25, 0.3) is 5.69 Å². The number of hydrogen-bond donors (Lipinski definition) is 1. The zero-order chi connectivity index (χ0) is 15.7. The standard InChI is InChI=1S/C14H20N2O5/c1-11(17)12-4-5-13(14(10-12)16(18)19)15-6-3-7-21-9-8-20-2/h4-5,10,15H,3,6-9H2,1-2H3. The van der Waals surface area contributed by atoms with Gasteiger partial charge in [0, 0.05) is 31.9 Å². The molecule has 0 saturated heterocycles. The van der Waals surface area contributed by atoms with E-state index in [-0.39, 0.29) is 11.5 Å². The molecule has 0 amide bonds. The topological polar surface area (TPSA) is 90.7 Å². The third-order valence-corrected chi connectivity index (χ3v) is 2.81. The maximum Gasteiger partial charge on any atom is 0.293 e. The Morgan fingerprint density at radius 2 is 2.10 bits per heavy atom. The molecule has 7 nitrogen and oxygen atoms in total. The predicted molar refractivity (Wildman–Crippen MR) is 78.9 cm³/mol. The number of carbonyl (C=O) groups excluding carboxylic acids is 1. The van der Waals surface area contributed by atoms with Crippen molar-refractivity contribution in [2.24, 2.45) is 0 Å². The summed E-state index contributed by atoms with van der Waals surface area (Å²) in [4.78, 5) is 21.8. The van der Waals surface area contributed by atoms with Crippen LogP contribution in [0.1, 0.15) is 23.7 Å². The monoisotopic (exact) mass is 296 g/mol. The first-order chi connectivity index (χ1) is 10.1. The van der Waals surface area contributed by atoms with Crippen LogP contribution in [0.3, 0.4) is 0 Å². The van der Waals surface area contributed by atoms with Crippen molar-refractivity contribution in [1.82, 2.24) is 0 Å². The maximum absolute atomic E-state index is 11.2. The molecule has 0 aliphatic heterocycles. The molecule has 7 heteroatoms. The van der Waals surface area contributed by atoms with Gasteiger partial charge in [-0.15, -0.1) is 0 Å². The first kappa shape index (κ1) is 17.1. The lowest BCUT2D eigenvalue weighted by atomic mass is 10.1. The Bertz CT molecular complexity index is 490. The molecule has 0 unspecified atom stereocenters. The van der Waals surface area contributed by atoms with Gasteiger partial charge in [0.15, 0.2) is 5.78 Å². The van der Waals surface area contributed by atoms with Crippen molar-refractivity contribution >= 4 is 17.2 Å². The lowest BCUT2D eigenvalue weighted by molar-refractivity contribution is -0.384. The van der Waals surface area contributed by atoms with E-state index in [1.54, 1.807) is 19.2 Å². The predicted octanol–water partition coefficient (Wildman–Crippen LogP) is 2.26. The molecule has 1 aromatic carbocycles. The summed E-state index contributed by atoms with van der Waals surface area (Å²) in [5.41, 5.74) is 0.639. The molecule has 0 radical (unpaired) electrons. The molecule has 0 aliphatic rings. The molecule has 1 rings (SSSR count). The zero-order valence-electron chi connectivity index (χ0n) is 12.3. The summed E-state index contributed by atoms with van der Waals surface area (Å²) in [5.74, 6) is -0.198. The number of methoxy groups -OCH3 is 1. The van der Waals surface area contributed by atoms with E-state index in [1.165, 1.54) is 13.0 Å². The van der Waals surface area contributed by atoms with Crippen molar-refractivity contribution in [3.63, 3.8) is 0 Å². The molecular weight excluding hydrogens is 276 g/mol. The van der Waals surface area contributed by atoms with E-state index in [2.05, 4.69) is 5.32 Å². The second-order valence-corrected chi connectivity index (χ2v) is 4.43. The second-order valence-electron chi connectivity index (χ2n) is 4.43. The number of nitro benzene ring substituents is 1. The summed E-state index contributed by atoms with van der Waals surface area (Å²) >= 11 is 0. The van der Waals surface area contributed by atoms with Crippen LogP contribution in [0, 0.1) is 10.1 Å². The number of anilines is 1. The van der Waals surface area contributed by atoms with Gasteiger partial charge in [0.05, 0.1) is 18.1 Å². The third kappa shape index (κ3) is 5.88. The van der Waals surface area contributed by atoms with E-state index < -0.39 is 4.92 Å². The fourth-order valence-corrected chi connectivity index (χ4v) is 1.69. The maximum atomic E-state index is 11.2. The van der Waals surface area contributed by atoms with Gasteiger partial charge in [0.2, 0.25) is 0 Å². The van der Waals surface area contributed by atoms with Crippen molar-refractivity contribution in [1.29, 1.82) is 0 Å². The number of carbonyl (C=O) groups is 1. The van der Waals surface area contributed by atoms with Crippen molar-refractivity contribution in [2.45, 2.75) is 13.3 Å². The van der Waals surface area contributed by atoms with Gasteiger partial charge >= 0.3 is 0 Å². The molecule has 0 aliphatic carbocycles. The summed E-state index contributed by atoms with van der Waals surface area (Å²) in [7, 11) is 1.61. The molecule has 0 fully saturated rings. The smallest absolute Gasteiger partial charge is 0.293 e. The highest BCUT2D eigenvalue weighted by molar-refractivity contribution is 5.95. The van der Waals surface area contributed by atoms with Crippen LogP contribution in [0.2, 0.25) is 0 Å². The van der Waals surface area contributed by atoms with Gasteiger partial charge in [-0.05, 0) is 25.5 Å². The number of benzene rings is 1. The average molecular weight is 296 g/mol. The van der Waals surface area contributed by atoms with E-state index in [0.717, 1.165) is 6.42 Å². The van der Waals surface area contributed by atoms with Gasteiger partial charge in [-0.1, -0.05) is 0 Å². The van der Waals surface area contributed by atoms with E-state index in [4.69, 9.17) is 9.47 Å². The van der Waals surface area contributed by atoms with Gasteiger partial charge in [-0.2, -0.15) is 0 Å². The summed E-state index contributed by atoms with van der Waals surface area (Å²) in [5, 5.41) is 14.0. The molecule has 116 valence electrons. The lowest BCUT2D eigenvalue weighted by Gasteiger charge is -2.08. The first-order valence-electron chi connectivity index (χ1n) is 6.66. The van der Waals surface area contributed by atoms with Crippen LogP contribution in [0.25, 0.3) is 0 Å². The van der Waals surface area contributed by atoms with Crippen molar-refractivity contribution in [2.75, 3.05) is 38.8 Å². The summed E-state index contributed by atoms with van der Waals surface area (Å²) < 4.78 is 10.1. The number of ketones is 1. The average Bonchev–Trinajstić information content (AvgIpc) is 2.46. The molecule has 0 bridgehead atoms. The number of Topliss-reactive ketones (excluding diaryl/α,β-unsaturated/α-hetero) is 1. The minimum absolute atomic E-state index is 0.0944. The molecule has 0 heterocycles. The van der Waals surface area contributed by atoms with Crippen molar-refractivity contribution in [3.8, 4) is 0 Å². The minimum Gasteiger partial charge on any atom is -0.382 e. The number of nitro groups is 1. The minimum atomic E-state index is -0.496. The fourth-order valence-electron chi connectivity index (χ4n) is 1.69. The zero-order valence-corrected chi connectivity index (χ0v) is 12.3. The molecule has 0 saturated carbocycles. The number of hydrogen-bond acceptors (Lipinski definition) is 6. The molecule has 0 aromatic heterocycles. The Morgan fingerprint density at radius 1 is 1.33 bits per heavy atom. The Kier molecular flexibility index (Phi) is 7.34. The van der Waals surface area contributed by atoms with Gasteiger partial charge in [-0.25, -0.2) is 0 Å². The van der Waals surface area contributed by atoms with Gasteiger partial charge in [0.1, 0.15) is 5.69 Å². The van der Waals surface area contributed by atoms with Crippen LogP contribution in [-0.4, -0.2) is 44.2 Å². The summed E-state index contributed by atoms with van der Waals surface area (Å²) in [6, 6.07) is 4.42. The largest absolute Gasteiger partial charge is 0.382 e. The third-order valence-electron chi connectivity index (χ3n) is 2.81. The number of nitrogens with one attached hydrogen (secondary N) is 1. The molecule has 0 spiro atoms. The molecule has 0 atom stereocenters. The van der Waals surface area contributed by atoms with Crippen LogP contribution in [0.5, 0.6) is 0 Å². The summed E-state index contributed by atoms with van der Waals surface area (Å²) in [6.45, 7) is 3.56. The number of nitrogens with zero attached hydrogens (tertiary/aromatic N) is 1. The van der Waals surface area contributed by atoms with Crippen LogP contribution in [0.15, 0.2) is 18.2 Å². The van der Waals surface area contributed by atoms with Crippen LogP contribution in [0.4, 0.5) is 11.4 Å². The van der Waals surface area contributed by atoms with Gasteiger partial charge in [-0.3, -0.25) is 14.9 Å². The highest BCUT2D eigenvalue weighted by atomic mass is 16.6. The fraction of sp³-hybridized carbons (Fsp3) is 0.500. The van der Waals surface area contributed by atoms with E-state index in [9.17, 15) is 14.9 Å². The second kappa shape index (κ2) is 9.04.